The molecule has 0 aromatic rings. The van der Waals surface area contributed by atoms with E-state index in [1.807, 2.05) is 0 Å². The van der Waals surface area contributed by atoms with Gasteiger partial charge in [-0.3, -0.25) is 4.79 Å². The second-order valence-electron chi connectivity index (χ2n) is 5.30. The normalized spacial score (nSPS) is 26.1. The van der Waals surface area contributed by atoms with Gasteiger partial charge in [0.25, 0.3) is 0 Å². The molecule has 0 unspecified atom stereocenters. The predicted molar refractivity (Wildman–Crippen MR) is 61.9 cm³/mol. The Hall–Kier alpha value is -0.610. The van der Waals surface area contributed by atoms with Crippen LogP contribution in [-0.4, -0.2) is 31.2 Å². The number of hydrogen-bond acceptors (Lipinski definition) is 3. The number of nitrogens with two attached hydrogens (primary N) is 1. The maximum absolute atomic E-state index is 12.0. The van der Waals surface area contributed by atoms with Crippen LogP contribution in [0.5, 0.6) is 0 Å². The third kappa shape index (κ3) is 2.38. The van der Waals surface area contributed by atoms with Gasteiger partial charge in [0.1, 0.15) is 0 Å². The standard InChI is InChI=1S/C12H22N2O2/c1-2-11(3-4-11)9-14-10(15)12(13)5-7-16-8-6-12/h2-9,13H2,1H3,(H,14,15). The second-order valence-corrected chi connectivity index (χ2v) is 5.30. The summed E-state index contributed by atoms with van der Waals surface area (Å²) in [6.45, 7) is 4.18. The van der Waals surface area contributed by atoms with E-state index in [-0.39, 0.29) is 5.91 Å². The molecule has 1 saturated heterocycles. The average molecular weight is 226 g/mol. The molecule has 3 N–H and O–H groups in total. The molecule has 2 aliphatic rings. The van der Waals surface area contributed by atoms with Crippen LogP contribution in [-0.2, 0) is 9.53 Å². The van der Waals surface area contributed by atoms with Crippen LogP contribution >= 0.6 is 0 Å². The summed E-state index contributed by atoms with van der Waals surface area (Å²) in [4.78, 5) is 12.0. The van der Waals surface area contributed by atoms with E-state index in [1.165, 1.54) is 12.8 Å². The molecule has 4 nitrogen and oxygen atoms in total. The van der Waals surface area contributed by atoms with Crippen LogP contribution in [0.1, 0.15) is 39.0 Å². The first kappa shape index (κ1) is 11.9. The van der Waals surface area contributed by atoms with Gasteiger partial charge in [0.15, 0.2) is 0 Å². The van der Waals surface area contributed by atoms with E-state index in [2.05, 4.69) is 12.2 Å². The second kappa shape index (κ2) is 4.34. The van der Waals surface area contributed by atoms with Gasteiger partial charge in [0.05, 0.1) is 5.54 Å². The van der Waals surface area contributed by atoms with Crippen LogP contribution < -0.4 is 11.1 Å². The van der Waals surface area contributed by atoms with Crippen molar-refractivity contribution in [3.05, 3.63) is 0 Å². The molecule has 0 spiro atoms. The summed E-state index contributed by atoms with van der Waals surface area (Å²) in [5.41, 5.74) is 5.80. The number of nitrogens with one attached hydrogen (secondary N) is 1. The van der Waals surface area contributed by atoms with Crippen molar-refractivity contribution >= 4 is 5.91 Å². The Morgan fingerprint density at radius 2 is 1.94 bits per heavy atom. The highest BCUT2D eigenvalue weighted by molar-refractivity contribution is 5.86. The molecule has 2 fully saturated rings. The minimum absolute atomic E-state index is 0.00975. The summed E-state index contributed by atoms with van der Waals surface area (Å²) in [7, 11) is 0. The smallest absolute Gasteiger partial charge is 0.240 e. The zero-order valence-corrected chi connectivity index (χ0v) is 10.1. The summed E-state index contributed by atoms with van der Waals surface area (Å²) in [5, 5.41) is 3.03. The first-order valence-electron chi connectivity index (χ1n) is 6.25. The number of carbonyl (C=O) groups excluding carboxylic acids is 1. The van der Waals surface area contributed by atoms with E-state index in [0.29, 0.717) is 31.5 Å². The van der Waals surface area contributed by atoms with Crippen LogP contribution in [0, 0.1) is 5.41 Å². The topological polar surface area (TPSA) is 64.4 Å². The molecule has 1 aliphatic heterocycles. The van der Waals surface area contributed by atoms with Gasteiger partial charge >= 0.3 is 0 Å². The molecular weight excluding hydrogens is 204 g/mol. The van der Waals surface area contributed by atoms with Gasteiger partial charge in [-0.05, 0) is 37.5 Å². The van der Waals surface area contributed by atoms with Gasteiger partial charge in [-0.15, -0.1) is 0 Å². The Balaban J connectivity index is 1.82. The summed E-state index contributed by atoms with van der Waals surface area (Å²) in [6.07, 6.45) is 4.90. The van der Waals surface area contributed by atoms with E-state index in [0.717, 1.165) is 13.0 Å². The molecule has 4 heteroatoms. The minimum Gasteiger partial charge on any atom is -0.381 e. The monoisotopic (exact) mass is 226 g/mol. The molecule has 1 amide bonds. The third-order valence-electron chi connectivity index (χ3n) is 4.17. The van der Waals surface area contributed by atoms with Crippen molar-refractivity contribution in [1.82, 2.24) is 5.32 Å². The fraction of sp³-hybridized carbons (Fsp3) is 0.917. The lowest BCUT2D eigenvalue weighted by Gasteiger charge is -2.32. The average Bonchev–Trinajstić information content (AvgIpc) is 3.07. The van der Waals surface area contributed by atoms with E-state index in [1.54, 1.807) is 0 Å². The minimum atomic E-state index is -0.692. The quantitative estimate of drug-likeness (QED) is 0.745. The molecule has 1 heterocycles. The van der Waals surface area contributed by atoms with Crippen LogP contribution in [0.25, 0.3) is 0 Å². The maximum atomic E-state index is 12.0. The summed E-state index contributed by atoms with van der Waals surface area (Å²) in [6, 6.07) is 0. The number of amides is 1. The van der Waals surface area contributed by atoms with E-state index >= 15 is 0 Å². The lowest BCUT2D eigenvalue weighted by molar-refractivity contribution is -0.130. The largest absolute Gasteiger partial charge is 0.381 e. The highest BCUT2D eigenvalue weighted by Gasteiger charge is 2.42. The van der Waals surface area contributed by atoms with Gasteiger partial charge < -0.3 is 15.8 Å². The van der Waals surface area contributed by atoms with Crippen molar-refractivity contribution in [3.8, 4) is 0 Å². The molecular formula is C12H22N2O2. The number of rotatable bonds is 4. The van der Waals surface area contributed by atoms with Crippen LogP contribution in [0.4, 0.5) is 0 Å². The lowest BCUT2D eigenvalue weighted by atomic mass is 9.90. The van der Waals surface area contributed by atoms with Gasteiger partial charge in [-0.25, -0.2) is 0 Å². The molecule has 0 aromatic heterocycles. The predicted octanol–water partition coefficient (Wildman–Crippen LogP) is 0.801. The molecule has 0 bridgehead atoms. The lowest BCUT2D eigenvalue weighted by Crippen LogP contribution is -2.57. The zero-order chi connectivity index (χ0) is 11.6. The van der Waals surface area contributed by atoms with Crippen molar-refractivity contribution in [3.63, 3.8) is 0 Å². The molecule has 92 valence electrons. The van der Waals surface area contributed by atoms with Crippen molar-refractivity contribution in [1.29, 1.82) is 0 Å². The van der Waals surface area contributed by atoms with E-state index in [9.17, 15) is 4.79 Å². The van der Waals surface area contributed by atoms with Gasteiger partial charge in [0.2, 0.25) is 5.91 Å². The molecule has 1 aliphatic carbocycles. The molecule has 1 saturated carbocycles. The summed E-state index contributed by atoms with van der Waals surface area (Å²) < 4.78 is 5.23. The van der Waals surface area contributed by atoms with Crippen LogP contribution in [0.15, 0.2) is 0 Å². The van der Waals surface area contributed by atoms with Crippen molar-refractivity contribution in [2.24, 2.45) is 11.1 Å². The fourth-order valence-electron chi connectivity index (χ4n) is 2.24. The van der Waals surface area contributed by atoms with E-state index in [4.69, 9.17) is 10.5 Å². The Labute approximate surface area is 96.9 Å². The van der Waals surface area contributed by atoms with Crippen molar-refractivity contribution in [2.75, 3.05) is 19.8 Å². The Morgan fingerprint density at radius 1 is 1.31 bits per heavy atom. The third-order valence-corrected chi connectivity index (χ3v) is 4.17. The molecule has 0 radical (unpaired) electrons. The fourth-order valence-corrected chi connectivity index (χ4v) is 2.24. The van der Waals surface area contributed by atoms with Crippen LogP contribution in [0.2, 0.25) is 0 Å². The highest BCUT2D eigenvalue weighted by Crippen LogP contribution is 2.47. The number of hydrogen-bond donors (Lipinski definition) is 2. The van der Waals surface area contributed by atoms with Crippen molar-refractivity contribution in [2.45, 2.75) is 44.6 Å². The van der Waals surface area contributed by atoms with Gasteiger partial charge in [-0.2, -0.15) is 0 Å². The first-order valence-corrected chi connectivity index (χ1v) is 6.25. The summed E-state index contributed by atoms with van der Waals surface area (Å²) >= 11 is 0. The molecule has 0 aromatic carbocycles. The summed E-state index contributed by atoms with van der Waals surface area (Å²) in [5.74, 6) is 0.00975. The zero-order valence-electron chi connectivity index (χ0n) is 10.1. The first-order chi connectivity index (χ1) is 7.60. The van der Waals surface area contributed by atoms with Gasteiger partial charge in [-0.1, -0.05) is 6.92 Å². The number of ether oxygens (including phenoxy) is 1. The van der Waals surface area contributed by atoms with Crippen LogP contribution in [0.3, 0.4) is 0 Å². The van der Waals surface area contributed by atoms with Crippen molar-refractivity contribution < 1.29 is 9.53 Å². The Bertz CT molecular complexity index is 268. The molecule has 16 heavy (non-hydrogen) atoms. The maximum Gasteiger partial charge on any atom is 0.240 e. The number of carbonyl (C=O) groups is 1. The molecule has 2 rings (SSSR count). The van der Waals surface area contributed by atoms with Gasteiger partial charge in [0, 0.05) is 19.8 Å². The Kier molecular flexibility index (Phi) is 3.22. The van der Waals surface area contributed by atoms with E-state index < -0.39 is 5.54 Å². The molecule has 0 atom stereocenters. The Morgan fingerprint density at radius 3 is 2.44 bits per heavy atom. The SMILES string of the molecule is CCC1(CNC(=O)C2(N)CCOCC2)CC1. The highest BCUT2D eigenvalue weighted by atomic mass is 16.5.